The Labute approximate surface area is 86.3 Å². The van der Waals surface area contributed by atoms with E-state index in [1.54, 1.807) is 0 Å². The highest BCUT2D eigenvalue weighted by Crippen LogP contribution is 2.32. The Bertz CT molecular complexity index is 191. The lowest BCUT2D eigenvalue weighted by Crippen LogP contribution is -2.19. The SMILES string of the molecule is CSC(C)(C#C[Si](C)(C)C)SC. The molecular formula is C9H18S2Si. The van der Waals surface area contributed by atoms with Crippen LogP contribution >= 0.6 is 23.5 Å². The fourth-order valence-corrected chi connectivity index (χ4v) is 2.27. The van der Waals surface area contributed by atoms with Crippen LogP contribution < -0.4 is 0 Å². The van der Waals surface area contributed by atoms with Crippen LogP contribution in [-0.4, -0.2) is 24.7 Å². The van der Waals surface area contributed by atoms with E-state index in [2.05, 4.69) is 50.5 Å². The van der Waals surface area contributed by atoms with E-state index in [0.29, 0.717) is 0 Å². The van der Waals surface area contributed by atoms with Crippen LogP contribution in [0.25, 0.3) is 0 Å². The highest BCUT2D eigenvalue weighted by atomic mass is 32.2. The summed E-state index contributed by atoms with van der Waals surface area (Å²) in [6.07, 6.45) is 4.24. The van der Waals surface area contributed by atoms with E-state index in [1.165, 1.54) is 0 Å². The van der Waals surface area contributed by atoms with Gasteiger partial charge < -0.3 is 0 Å². The summed E-state index contributed by atoms with van der Waals surface area (Å²) >= 11 is 3.65. The second-order valence-corrected chi connectivity index (χ2v) is 11.3. The zero-order valence-corrected chi connectivity index (χ0v) is 11.4. The smallest absolute Gasteiger partial charge is 0.129 e. The van der Waals surface area contributed by atoms with E-state index >= 15 is 0 Å². The zero-order valence-electron chi connectivity index (χ0n) is 8.82. The highest BCUT2D eigenvalue weighted by molar-refractivity contribution is 8.18. The van der Waals surface area contributed by atoms with Gasteiger partial charge >= 0.3 is 0 Å². The van der Waals surface area contributed by atoms with Crippen LogP contribution in [0.2, 0.25) is 19.6 Å². The monoisotopic (exact) mass is 218 g/mol. The minimum atomic E-state index is -1.19. The first-order valence-electron chi connectivity index (χ1n) is 3.97. The molecule has 0 spiro atoms. The maximum atomic E-state index is 3.41. The molecule has 0 N–H and O–H groups in total. The summed E-state index contributed by atoms with van der Waals surface area (Å²) < 4.78 is 0.0975. The Hall–Kier alpha value is 0.477. The molecule has 0 aromatic carbocycles. The Balaban J connectivity index is 4.46. The van der Waals surface area contributed by atoms with Gasteiger partial charge in [-0.05, 0) is 19.4 Å². The Morgan fingerprint density at radius 1 is 1.08 bits per heavy atom. The quantitative estimate of drug-likeness (QED) is 0.396. The van der Waals surface area contributed by atoms with Gasteiger partial charge in [0.15, 0.2) is 0 Å². The normalized spacial score (nSPS) is 12.2. The van der Waals surface area contributed by atoms with Crippen molar-refractivity contribution in [3.05, 3.63) is 0 Å². The number of thioether (sulfide) groups is 2. The van der Waals surface area contributed by atoms with Crippen molar-refractivity contribution in [2.75, 3.05) is 12.5 Å². The lowest BCUT2D eigenvalue weighted by Gasteiger charge is -2.18. The molecule has 0 aromatic rings. The molecule has 0 bridgehead atoms. The van der Waals surface area contributed by atoms with Crippen LogP contribution in [0.5, 0.6) is 0 Å². The lowest BCUT2D eigenvalue weighted by atomic mass is 10.5. The lowest BCUT2D eigenvalue weighted by molar-refractivity contribution is 1.21. The Kier molecular flexibility index (Phi) is 4.82. The van der Waals surface area contributed by atoms with E-state index in [-0.39, 0.29) is 4.08 Å². The van der Waals surface area contributed by atoms with Gasteiger partial charge in [0.1, 0.15) is 12.2 Å². The summed E-state index contributed by atoms with van der Waals surface area (Å²) in [4.78, 5) is 0. The maximum Gasteiger partial charge on any atom is 0.129 e. The van der Waals surface area contributed by atoms with Crippen molar-refractivity contribution in [1.29, 1.82) is 0 Å². The van der Waals surface area contributed by atoms with Crippen molar-refractivity contribution in [2.24, 2.45) is 0 Å². The molecule has 0 saturated carbocycles. The molecule has 70 valence electrons. The van der Waals surface area contributed by atoms with E-state index in [0.717, 1.165) is 0 Å². The first-order chi connectivity index (χ1) is 5.33. The van der Waals surface area contributed by atoms with Crippen LogP contribution in [0.15, 0.2) is 0 Å². The van der Waals surface area contributed by atoms with Gasteiger partial charge in [-0.3, -0.25) is 0 Å². The average molecular weight is 218 g/mol. The first-order valence-corrected chi connectivity index (χ1v) is 9.92. The third-order valence-electron chi connectivity index (χ3n) is 1.44. The topological polar surface area (TPSA) is 0 Å². The summed E-state index contributed by atoms with van der Waals surface area (Å²) in [5.74, 6) is 3.37. The minimum Gasteiger partial charge on any atom is -0.135 e. The molecule has 0 aliphatic rings. The van der Waals surface area contributed by atoms with Crippen molar-refractivity contribution >= 4 is 31.6 Å². The van der Waals surface area contributed by atoms with Crippen LogP contribution in [0, 0.1) is 11.5 Å². The Morgan fingerprint density at radius 3 is 1.75 bits per heavy atom. The van der Waals surface area contributed by atoms with Gasteiger partial charge in [0, 0.05) is 0 Å². The number of hydrogen-bond acceptors (Lipinski definition) is 2. The van der Waals surface area contributed by atoms with Crippen molar-refractivity contribution in [3.8, 4) is 11.5 Å². The fourth-order valence-electron chi connectivity index (χ4n) is 0.486. The number of rotatable bonds is 2. The van der Waals surface area contributed by atoms with Crippen LogP contribution in [0.4, 0.5) is 0 Å². The van der Waals surface area contributed by atoms with E-state index in [4.69, 9.17) is 0 Å². The minimum absolute atomic E-state index is 0.0975. The maximum absolute atomic E-state index is 3.41. The summed E-state index contributed by atoms with van der Waals surface area (Å²) in [5.41, 5.74) is 3.41. The van der Waals surface area contributed by atoms with Crippen LogP contribution in [0.1, 0.15) is 6.92 Å². The van der Waals surface area contributed by atoms with E-state index < -0.39 is 8.07 Å². The van der Waals surface area contributed by atoms with Gasteiger partial charge in [-0.2, -0.15) is 0 Å². The Morgan fingerprint density at radius 2 is 1.50 bits per heavy atom. The van der Waals surface area contributed by atoms with Gasteiger partial charge in [0.05, 0.1) is 0 Å². The molecule has 0 aliphatic carbocycles. The standard InChI is InChI=1S/C9H18S2Si/c1-9(10-2,11-3)7-8-12(4,5)6/h1-6H3. The zero-order chi connectivity index (χ0) is 9.83. The molecule has 0 nitrogen and oxygen atoms in total. The van der Waals surface area contributed by atoms with Crippen molar-refractivity contribution in [1.82, 2.24) is 0 Å². The van der Waals surface area contributed by atoms with E-state index in [1.807, 2.05) is 23.5 Å². The molecular weight excluding hydrogens is 200 g/mol. The fraction of sp³-hybridized carbons (Fsp3) is 0.778. The molecule has 0 unspecified atom stereocenters. The predicted octanol–water partition coefficient (Wildman–Crippen LogP) is 3.31. The summed E-state index contributed by atoms with van der Waals surface area (Å²) in [6.45, 7) is 9.03. The van der Waals surface area contributed by atoms with Crippen LogP contribution in [0.3, 0.4) is 0 Å². The third kappa shape index (κ3) is 5.18. The predicted molar refractivity (Wildman–Crippen MR) is 66.6 cm³/mol. The van der Waals surface area contributed by atoms with Gasteiger partial charge in [0.2, 0.25) is 0 Å². The molecule has 0 amide bonds. The molecule has 0 aliphatic heterocycles. The molecule has 0 saturated heterocycles. The number of hydrogen-bond donors (Lipinski definition) is 0. The second-order valence-electron chi connectivity index (χ2n) is 3.85. The van der Waals surface area contributed by atoms with Gasteiger partial charge in [-0.25, -0.2) is 0 Å². The van der Waals surface area contributed by atoms with Crippen molar-refractivity contribution in [2.45, 2.75) is 30.6 Å². The molecule has 0 aromatic heterocycles. The molecule has 0 heterocycles. The third-order valence-corrected chi connectivity index (χ3v) is 5.08. The summed E-state index contributed by atoms with van der Waals surface area (Å²) in [5, 5.41) is 0. The van der Waals surface area contributed by atoms with Gasteiger partial charge in [0.25, 0.3) is 0 Å². The van der Waals surface area contributed by atoms with Gasteiger partial charge in [-0.15, -0.1) is 29.1 Å². The van der Waals surface area contributed by atoms with Gasteiger partial charge in [-0.1, -0.05) is 25.6 Å². The molecule has 0 atom stereocenters. The van der Waals surface area contributed by atoms with E-state index in [9.17, 15) is 0 Å². The molecule has 12 heavy (non-hydrogen) atoms. The molecule has 0 rings (SSSR count). The highest BCUT2D eigenvalue weighted by Gasteiger charge is 2.18. The second kappa shape index (κ2) is 4.64. The average Bonchev–Trinajstić information content (AvgIpc) is 1.99. The van der Waals surface area contributed by atoms with Crippen LogP contribution in [-0.2, 0) is 0 Å². The molecule has 0 fully saturated rings. The largest absolute Gasteiger partial charge is 0.135 e. The first kappa shape index (κ1) is 12.5. The van der Waals surface area contributed by atoms with Crippen molar-refractivity contribution in [3.63, 3.8) is 0 Å². The molecule has 3 heteroatoms. The summed E-state index contributed by atoms with van der Waals surface area (Å²) in [7, 11) is -1.19. The van der Waals surface area contributed by atoms with Crippen molar-refractivity contribution < 1.29 is 0 Å². The molecule has 0 radical (unpaired) electrons. The summed E-state index contributed by atoms with van der Waals surface area (Å²) in [6, 6.07) is 0.